The number of hydrogen-bond donors (Lipinski definition) is 1. The minimum atomic E-state index is 0.901. The molecule has 0 saturated heterocycles. The minimum absolute atomic E-state index is 0.901. The molecule has 4 heteroatoms. The summed E-state index contributed by atoms with van der Waals surface area (Å²) in [6.07, 6.45) is 3.09. The summed E-state index contributed by atoms with van der Waals surface area (Å²) in [4.78, 5) is 0. The van der Waals surface area contributed by atoms with Gasteiger partial charge in [-0.1, -0.05) is 23.4 Å². The number of nitrogens with one attached hydrogen (secondary N) is 1. The van der Waals surface area contributed by atoms with Crippen molar-refractivity contribution in [3.05, 3.63) is 35.5 Å². The minimum Gasteiger partial charge on any atom is -0.320 e. The van der Waals surface area contributed by atoms with Crippen molar-refractivity contribution in [3.63, 3.8) is 0 Å². The Labute approximate surface area is 108 Å². The van der Waals surface area contributed by atoms with E-state index in [9.17, 15) is 0 Å². The number of hydrogen-bond acceptors (Lipinski definition) is 3. The Hall–Kier alpha value is -1.68. The summed E-state index contributed by atoms with van der Waals surface area (Å²) in [7, 11) is 1.96. The molecule has 0 fully saturated rings. The summed E-state index contributed by atoms with van der Waals surface area (Å²) < 4.78 is 1.91. The van der Waals surface area contributed by atoms with E-state index >= 15 is 0 Å². The van der Waals surface area contributed by atoms with Crippen molar-refractivity contribution >= 4 is 0 Å². The lowest BCUT2D eigenvalue weighted by Gasteiger charge is -2.04. The van der Waals surface area contributed by atoms with Gasteiger partial charge >= 0.3 is 0 Å². The average Bonchev–Trinajstić information content (AvgIpc) is 2.82. The summed E-state index contributed by atoms with van der Waals surface area (Å²) in [5.74, 6) is 0. The second kappa shape index (κ2) is 5.78. The topological polar surface area (TPSA) is 42.7 Å². The average molecular weight is 244 g/mol. The first kappa shape index (κ1) is 12.8. The fraction of sp³-hybridized carbons (Fsp3) is 0.429. The molecule has 1 aromatic carbocycles. The smallest absolute Gasteiger partial charge is 0.113 e. The van der Waals surface area contributed by atoms with Gasteiger partial charge in [0, 0.05) is 12.1 Å². The van der Waals surface area contributed by atoms with Gasteiger partial charge in [0.05, 0.1) is 6.20 Å². The molecule has 1 N–H and O–H groups in total. The predicted octanol–water partition coefficient (Wildman–Crippen LogP) is 2.17. The Morgan fingerprint density at radius 3 is 2.89 bits per heavy atom. The Morgan fingerprint density at radius 2 is 2.11 bits per heavy atom. The first-order valence-electron chi connectivity index (χ1n) is 6.33. The lowest BCUT2D eigenvalue weighted by Crippen LogP contribution is -2.11. The van der Waals surface area contributed by atoms with E-state index in [-0.39, 0.29) is 0 Å². The Kier molecular flexibility index (Phi) is 4.10. The number of rotatable bonds is 5. The van der Waals surface area contributed by atoms with Crippen LogP contribution in [0.4, 0.5) is 0 Å². The van der Waals surface area contributed by atoms with E-state index in [2.05, 4.69) is 47.7 Å². The first-order chi connectivity index (χ1) is 8.72. The molecule has 0 aliphatic heterocycles. The van der Waals surface area contributed by atoms with Crippen LogP contribution in [0.1, 0.15) is 17.5 Å². The SMILES string of the molecule is CNCCCn1cc(-c2cccc(C)c2C)nn1. The van der Waals surface area contributed by atoms with Crippen LogP contribution in [-0.2, 0) is 6.54 Å². The van der Waals surface area contributed by atoms with Gasteiger partial charge in [-0.05, 0) is 45.0 Å². The van der Waals surface area contributed by atoms with E-state index in [4.69, 9.17) is 0 Å². The zero-order valence-corrected chi connectivity index (χ0v) is 11.3. The molecule has 2 rings (SSSR count). The van der Waals surface area contributed by atoms with E-state index < -0.39 is 0 Å². The quantitative estimate of drug-likeness (QED) is 0.820. The van der Waals surface area contributed by atoms with E-state index in [0.717, 1.165) is 25.2 Å². The standard InChI is InChI=1S/C14H20N4/c1-11-6-4-7-13(12(11)2)14-10-18(17-16-14)9-5-8-15-3/h4,6-7,10,15H,5,8-9H2,1-3H3. The van der Waals surface area contributed by atoms with Crippen LogP contribution in [0.25, 0.3) is 11.3 Å². The summed E-state index contributed by atoms with van der Waals surface area (Å²) in [5, 5.41) is 11.6. The highest BCUT2D eigenvalue weighted by Crippen LogP contribution is 2.23. The number of aromatic nitrogens is 3. The van der Waals surface area contributed by atoms with Crippen LogP contribution in [0.15, 0.2) is 24.4 Å². The summed E-state index contributed by atoms with van der Waals surface area (Å²) >= 11 is 0. The zero-order chi connectivity index (χ0) is 13.0. The van der Waals surface area contributed by atoms with Gasteiger partial charge in [0.2, 0.25) is 0 Å². The highest BCUT2D eigenvalue weighted by Gasteiger charge is 2.07. The van der Waals surface area contributed by atoms with Crippen molar-refractivity contribution in [1.29, 1.82) is 0 Å². The third kappa shape index (κ3) is 2.76. The molecule has 0 atom stereocenters. The highest BCUT2D eigenvalue weighted by atomic mass is 15.4. The molecule has 0 radical (unpaired) electrons. The lowest BCUT2D eigenvalue weighted by atomic mass is 10.0. The fourth-order valence-electron chi connectivity index (χ4n) is 1.98. The van der Waals surface area contributed by atoms with Crippen molar-refractivity contribution in [2.45, 2.75) is 26.8 Å². The van der Waals surface area contributed by atoms with Gasteiger partial charge in [-0.15, -0.1) is 5.10 Å². The van der Waals surface area contributed by atoms with Crippen LogP contribution >= 0.6 is 0 Å². The zero-order valence-electron chi connectivity index (χ0n) is 11.3. The maximum Gasteiger partial charge on any atom is 0.113 e. The van der Waals surface area contributed by atoms with Crippen molar-refractivity contribution < 1.29 is 0 Å². The summed E-state index contributed by atoms with van der Waals surface area (Å²) in [6.45, 7) is 6.15. The fourth-order valence-corrected chi connectivity index (χ4v) is 1.98. The van der Waals surface area contributed by atoms with Gasteiger partial charge in [-0.25, -0.2) is 0 Å². The molecular formula is C14H20N4. The molecule has 1 heterocycles. The van der Waals surface area contributed by atoms with Crippen LogP contribution in [0.3, 0.4) is 0 Å². The molecule has 0 spiro atoms. The third-order valence-corrected chi connectivity index (χ3v) is 3.23. The maximum atomic E-state index is 4.26. The van der Waals surface area contributed by atoms with Crippen molar-refractivity contribution in [3.8, 4) is 11.3 Å². The lowest BCUT2D eigenvalue weighted by molar-refractivity contribution is 0.545. The van der Waals surface area contributed by atoms with Gasteiger partial charge in [-0.3, -0.25) is 4.68 Å². The monoisotopic (exact) mass is 244 g/mol. The summed E-state index contributed by atoms with van der Waals surface area (Å²) in [5.41, 5.74) is 4.70. The molecule has 96 valence electrons. The molecule has 0 unspecified atom stereocenters. The van der Waals surface area contributed by atoms with E-state index in [1.165, 1.54) is 16.7 Å². The maximum absolute atomic E-state index is 4.26. The van der Waals surface area contributed by atoms with Crippen LogP contribution in [-0.4, -0.2) is 28.6 Å². The second-order valence-electron chi connectivity index (χ2n) is 4.57. The Balaban J connectivity index is 2.16. The van der Waals surface area contributed by atoms with Crippen molar-refractivity contribution in [2.75, 3.05) is 13.6 Å². The molecule has 0 bridgehead atoms. The van der Waals surface area contributed by atoms with Gasteiger partial charge in [0.15, 0.2) is 0 Å². The van der Waals surface area contributed by atoms with E-state index in [1.54, 1.807) is 0 Å². The number of benzene rings is 1. The molecule has 1 aromatic heterocycles. The van der Waals surface area contributed by atoms with Crippen molar-refractivity contribution in [1.82, 2.24) is 20.3 Å². The first-order valence-corrected chi connectivity index (χ1v) is 6.33. The summed E-state index contributed by atoms with van der Waals surface area (Å²) in [6, 6.07) is 6.29. The molecular weight excluding hydrogens is 224 g/mol. The molecule has 4 nitrogen and oxygen atoms in total. The van der Waals surface area contributed by atoms with Crippen LogP contribution < -0.4 is 5.32 Å². The second-order valence-corrected chi connectivity index (χ2v) is 4.57. The Bertz CT molecular complexity index is 516. The molecule has 0 aliphatic rings. The predicted molar refractivity (Wildman–Crippen MR) is 73.5 cm³/mol. The van der Waals surface area contributed by atoms with Gasteiger partial charge < -0.3 is 5.32 Å². The van der Waals surface area contributed by atoms with Crippen LogP contribution in [0.2, 0.25) is 0 Å². The van der Waals surface area contributed by atoms with E-state index in [1.807, 2.05) is 17.9 Å². The van der Waals surface area contributed by atoms with Crippen molar-refractivity contribution in [2.24, 2.45) is 0 Å². The molecule has 2 aromatic rings. The molecule has 0 saturated carbocycles. The van der Waals surface area contributed by atoms with Crippen LogP contribution in [0, 0.1) is 13.8 Å². The molecule has 0 aliphatic carbocycles. The molecule has 18 heavy (non-hydrogen) atoms. The number of aryl methyl sites for hydroxylation is 2. The van der Waals surface area contributed by atoms with Crippen LogP contribution in [0.5, 0.6) is 0 Å². The number of nitrogens with zero attached hydrogens (tertiary/aromatic N) is 3. The molecule has 0 amide bonds. The Morgan fingerprint density at radius 1 is 1.28 bits per heavy atom. The highest BCUT2D eigenvalue weighted by molar-refractivity contribution is 5.63. The van der Waals surface area contributed by atoms with Gasteiger partial charge in [0.1, 0.15) is 5.69 Å². The van der Waals surface area contributed by atoms with Gasteiger partial charge in [0.25, 0.3) is 0 Å². The largest absolute Gasteiger partial charge is 0.320 e. The third-order valence-electron chi connectivity index (χ3n) is 3.23. The normalized spacial score (nSPS) is 10.8. The van der Waals surface area contributed by atoms with Gasteiger partial charge in [-0.2, -0.15) is 0 Å². The van der Waals surface area contributed by atoms with E-state index in [0.29, 0.717) is 0 Å².